The minimum Gasteiger partial charge on any atom is -0.466 e. The predicted molar refractivity (Wildman–Crippen MR) is 80.6 cm³/mol. The Morgan fingerprint density at radius 3 is 2.29 bits per heavy atom. The van der Waals surface area contributed by atoms with Crippen LogP contribution < -0.4 is 0 Å². The van der Waals surface area contributed by atoms with Gasteiger partial charge in [-0.2, -0.15) is 0 Å². The molecule has 0 heterocycles. The summed E-state index contributed by atoms with van der Waals surface area (Å²) in [4.78, 5) is 28.0. The van der Waals surface area contributed by atoms with E-state index in [1.54, 1.807) is 20.8 Å². The molecule has 0 fully saturated rings. The van der Waals surface area contributed by atoms with Crippen LogP contribution in [-0.2, 0) is 19.1 Å². The van der Waals surface area contributed by atoms with Gasteiger partial charge in [-0.15, -0.1) is 0 Å². The van der Waals surface area contributed by atoms with Crippen LogP contribution in [0, 0.1) is 5.92 Å². The first-order valence-corrected chi connectivity index (χ1v) is 7.01. The lowest BCUT2D eigenvalue weighted by Crippen LogP contribution is -2.27. The zero-order valence-electron chi connectivity index (χ0n) is 12.7. The Balaban J connectivity index is 2.91. The molecule has 0 radical (unpaired) electrons. The van der Waals surface area contributed by atoms with Crippen LogP contribution in [0.4, 0.5) is 5.69 Å². The third-order valence-corrected chi connectivity index (χ3v) is 2.81. The van der Waals surface area contributed by atoms with E-state index in [-0.39, 0.29) is 19.6 Å². The lowest BCUT2D eigenvalue weighted by molar-refractivity contribution is -0.152. The molecule has 114 valence electrons. The van der Waals surface area contributed by atoms with Crippen molar-refractivity contribution < 1.29 is 19.1 Å². The SMILES string of the molecule is CCOC(=O)CC(C(=O)OCC)/C(C)=N/c1ccccc1. The summed E-state index contributed by atoms with van der Waals surface area (Å²) in [6.07, 6.45) is -0.0607. The molecule has 0 aliphatic carbocycles. The van der Waals surface area contributed by atoms with E-state index in [2.05, 4.69) is 4.99 Å². The van der Waals surface area contributed by atoms with Crippen LogP contribution in [0.1, 0.15) is 27.2 Å². The fourth-order valence-corrected chi connectivity index (χ4v) is 1.82. The molecule has 1 rings (SSSR count). The predicted octanol–water partition coefficient (Wildman–Crippen LogP) is 2.91. The topological polar surface area (TPSA) is 65.0 Å². The third-order valence-electron chi connectivity index (χ3n) is 2.81. The number of carbonyl (C=O) groups is 2. The molecule has 0 aromatic heterocycles. The first kappa shape index (κ1) is 16.9. The van der Waals surface area contributed by atoms with Gasteiger partial charge in [0, 0.05) is 5.71 Å². The molecule has 1 unspecified atom stereocenters. The summed E-state index contributed by atoms with van der Waals surface area (Å²) in [5, 5.41) is 0. The molecule has 0 saturated heterocycles. The summed E-state index contributed by atoms with van der Waals surface area (Å²) < 4.78 is 9.91. The normalized spacial score (nSPS) is 12.6. The standard InChI is InChI=1S/C16H21NO4/c1-4-20-15(18)11-14(16(19)21-5-2)12(3)17-13-9-7-6-8-10-13/h6-10,14H,4-5,11H2,1-3H3/b17-12+. The highest BCUT2D eigenvalue weighted by Gasteiger charge is 2.26. The summed E-state index contributed by atoms with van der Waals surface area (Å²) in [6, 6.07) is 9.26. The maximum Gasteiger partial charge on any atom is 0.315 e. The second-order valence-corrected chi connectivity index (χ2v) is 4.40. The number of esters is 2. The molecule has 0 amide bonds. The summed E-state index contributed by atoms with van der Waals surface area (Å²) in [5.74, 6) is -1.61. The van der Waals surface area contributed by atoms with Crippen molar-refractivity contribution in [2.75, 3.05) is 13.2 Å². The van der Waals surface area contributed by atoms with E-state index >= 15 is 0 Å². The molecule has 0 saturated carbocycles. The number of nitrogens with zero attached hydrogens (tertiary/aromatic N) is 1. The molecule has 1 atom stereocenters. The summed E-state index contributed by atoms with van der Waals surface area (Å²) in [5.41, 5.74) is 1.26. The molecule has 1 aromatic carbocycles. The van der Waals surface area contributed by atoms with E-state index in [1.165, 1.54) is 0 Å². The average molecular weight is 291 g/mol. The van der Waals surface area contributed by atoms with Crippen molar-refractivity contribution in [3.8, 4) is 0 Å². The van der Waals surface area contributed by atoms with Gasteiger partial charge in [-0.25, -0.2) is 0 Å². The number of hydrogen-bond donors (Lipinski definition) is 0. The van der Waals surface area contributed by atoms with Crippen LogP contribution in [0.15, 0.2) is 35.3 Å². The molecule has 5 heteroatoms. The van der Waals surface area contributed by atoms with Gasteiger partial charge in [0.15, 0.2) is 0 Å². The van der Waals surface area contributed by atoms with Crippen LogP contribution >= 0.6 is 0 Å². The highest BCUT2D eigenvalue weighted by atomic mass is 16.5. The van der Waals surface area contributed by atoms with Gasteiger partial charge in [0.05, 0.1) is 25.3 Å². The second kappa shape index (κ2) is 8.89. The first-order chi connectivity index (χ1) is 10.1. The van der Waals surface area contributed by atoms with Gasteiger partial charge in [0.2, 0.25) is 0 Å². The molecular weight excluding hydrogens is 270 g/mol. The van der Waals surface area contributed by atoms with Crippen molar-refractivity contribution in [3.05, 3.63) is 30.3 Å². The Bertz CT molecular complexity index is 496. The van der Waals surface area contributed by atoms with Crippen molar-refractivity contribution in [1.82, 2.24) is 0 Å². The van der Waals surface area contributed by atoms with Crippen LogP contribution in [0.3, 0.4) is 0 Å². The second-order valence-electron chi connectivity index (χ2n) is 4.40. The van der Waals surface area contributed by atoms with Gasteiger partial charge in [0.1, 0.15) is 5.92 Å². The fourth-order valence-electron chi connectivity index (χ4n) is 1.82. The van der Waals surface area contributed by atoms with E-state index in [0.29, 0.717) is 5.71 Å². The fraction of sp³-hybridized carbons (Fsp3) is 0.438. The van der Waals surface area contributed by atoms with Gasteiger partial charge in [0.25, 0.3) is 0 Å². The van der Waals surface area contributed by atoms with Gasteiger partial charge in [-0.1, -0.05) is 18.2 Å². The van der Waals surface area contributed by atoms with E-state index < -0.39 is 17.9 Å². The lowest BCUT2D eigenvalue weighted by Gasteiger charge is -2.14. The molecular formula is C16H21NO4. The molecule has 21 heavy (non-hydrogen) atoms. The number of hydrogen-bond acceptors (Lipinski definition) is 5. The number of para-hydroxylation sites is 1. The zero-order chi connectivity index (χ0) is 15.7. The van der Waals surface area contributed by atoms with Crippen molar-refractivity contribution in [3.63, 3.8) is 0 Å². The average Bonchev–Trinajstić information content (AvgIpc) is 2.46. The van der Waals surface area contributed by atoms with Crippen molar-refractivity contribution >= 4 is 23.3 Å². The van der Waals surface area contributed by atoms with E-state index in [4.69, 9.17) is 9.47 Å². The minimum absolute atomic E-state index is 0.0607. The van der Waals surface area contributed by atoms with Crippen LogP contribution in [0.2, 0.25) is 0 Å². The molecule has 0 N–H and O–H groups in total. The van der Waals surface area contributed by atoms with Crippen molar-refractivity contribution in [2.24, 2.45) is 10.9 Å². The van der Waals surface area contributed by atoms with E-state index in [0.717, 1.165) is 5.69 Å². The van der Waals surface area contributed by atoms with E-state index in [1.807, 2.05) is 30.3 Å². The molecule has 0 spiro atoms. The maximum atomic E-state index is 12.0. The largest absolute Gasteiger partial charge is 0.466 e. The molecule has 1 aromatic rings. The van der Waals surface area contributed by atoms with Crippen LogP contribution in [0.5, 0.6) is 0 Å². The lowest BCUT2D eigenvalue weighted by atomic mass is 10.0. The Morgan fingerprint density at radius 1 is 1.10 bits per heavy atom. The third kappa shape index (κ3) is 5.77. The first-order valence-electron chi connectivity index (χ1n) is 7.01. The monoisotopic (exact) mass is 291 g/mol. The van der Waals surface area contributed by atoms with Crippen LogP contribution in [0.25, 0.3) is 0 Å². The number of carbonyl (C=O) groups excluding carboxylic acids is 2. The van der Waals surface area contributed by atoms with Crippen LogP contribution in [-0.4, -0.2) is 30.9 Å². The number of rotatable bonds is 7. The summed E-state index contributed by atoms with van der Waals surface area (Å²) >= 11 is 0. The highest BCUT2D eigenvalue weighted by molar-refractivity contribution is 6.04. The zero-order valence-corrected chi connectivity index (χ0v) is 12.7. The van der Waals surface area contributed by atoms with Gasteiger partial charge in [-0.05, 0) is 32.9 Å². The highest BCUT2D eigenvalue weighted by Crippen LogP contribution is 2.16. The van der Waals surface area contributed by atoms with Gasteiger partial charge < -0.3 is 9.47 Å². The molecule has 5 nitrogen and oxygen atoms in total. The molecule has 0 bridgehead atoms. The molecule has 0 aliphatic heterocycles. The van der Waals surface area contributed by atoms with Crippen molar-refractivity contribution in [1.29, 1.82) is 0 Å². The smallest absolute Gasteiger partial charge is 0.315 e. The summed E-state index contributed by atoms with van der Waals surface area (Å²) in [6.45, 7) is 5.71. The Morgan fingerprint density at radius 2 is 1.71 bits per heavy atom. The van der Waals surface area contributed by atoms with E-state index in [9.17, 15) is 9.59 Å². The van der Waals surface area contributed by atoms with Crippen molar-refractivity contribution in [2.45, 2.75) is 27.2 Å². The molecule has 0 aliphatic rings. The maximum absolute atomic E-state index is 12.0. The Labute approximate surface area is 125 Å². The Hall–Kier alpha value is -2.17. The van der Waals surface area contributed by atoms with Gasteiger partial charge >= 0.3 is 11.9 Å². The van der Waals surface area contributed by atoms with Gasteiger partial charge in [-0.3, -0.25) is 14.6 Å². The number of benzene rings is 1. The Kier molecular flexibility index (Phi) is 7.15. The number of aliphatic imine (C=N–C) groups is 1. The quantitative estimate of drug-likeness (QED) is 0.572. The minimum atomic E-state index is -0.718. The summed E-state index contributed by atoms with van der Waals surface area (Å²) in [7, 11) is 0. The number of ether oxygens (including phenoxy) is 2.